The molecule has 1 fully saturated rings. The fourth-order valence-electron chi connectivity index (χ4n) is 2.67. The number of carbonyl (C=O) groups is 1. The van der Waals surface area contributed by atoms with Gasteiger partial charge in [0.25, 0.3) is 5.91 Å². The van der Waals surface area contributed by atoms with Crippen molar-refractivity contribution in [2.24, 2.45) is 0 Å². The van der Waals surface area contributed by atoms with Crippen LogP contribution in [-0.2, 0) is 14.8 Å². The van der Waals surface area contributed by atoms with Gasteiger partial charge < -0.3 is 14.8 Å². The third-order valence-corrected chi connectivity index (χ3v) is 6.01. The van der Waals surface area contributed by atoms with Crippen molar-refractivity contribution in [3.05, 3.63) is 53.8 Å². The maximum Gasteiger partial charge on any atom is 0.258 e. The highest BCUT2D eigenvalue weighted by atomic mass is 32.2. The van der Waals surface area contributed by atoms with Crippen LogP contribution in [0.4, 0.5) is 10.1 Å². The lowest BCUT2D eigenvalue weighted by atomic mass is 10.2. The predicted octanol–water partition coefficient (Wildman–Crippen LogP) is 2.11. The number of ether oxygens (including phenoxy) is 2. The van der Waals surface area contributed by atoms with Crippen molar-refractivity contribution in [2.75, 3.05) is 38.7 Å². The number of rotatable bonds is 5. The summed E-state index contributed by atoms with van der Waals surface area (Å²) in [6, 6.07) is 9.75. The van der Waals surface area contributed by atoms with Crippen molar-refractivity contribution < 1.29 is 27.1 Å². The molecule has 144 valence electrons. The van der Waals surface area contributed by atoms with Crippen molar-refractivity contribution in [3.8, 4) is 5.75 Å². The molecule has 3 rings (SSSR count). The second-order valence-electron chi connectivity index (χ2n) is 5.84. The number of hydrogen-bond donors (Lipinski definition) is 1. The number of sulfonamides is 1. The van der Waals surface area contributed by atoms with Crippen LogP contribution in [-0.4, -0.2) is 52.0 Å². The molecule has 1 amide bonds. The van der Waals surface area contributed by atoms with Crippen molar-refractivity contribution in [1.82, 2.24) is 4.31 Å². The van der Waals surface area contributed by atoms with Crippen LogP contribution >= 0.6 is 0 Å². The summed E-state index contributed by atoms with van der Waals surface area (Å²) in [4.78, 5) is 12.3. The molecule has 0 bridgehead atoms. The molecule has 2 aromatic rings. The molecule has 1 saturated heterocycles. The number of benzene rings is 2. The average molecular weight is 394 g/mol. The molecule has 0 radical (unpaired) electrons. The van der Waals surface area contributed by atoms with Gasteiger partial charge in [0, 0.05) is 24.8 Å². The standard InChI is InChI=1S/C18H19FN2O5S/c1-25-14-4-2-3-13(11-14)20-18(22)16-12-15(5-6-17(16)19)27(23,24)21-7-9-26-10-8-21/h2-6,11-12H,7-10H2,1H3,(H,20,22). The molecule has 1 aliphatic rings. The first-order valence-corrected chi connectivity index (χ1v) is 9.68. The molecular formula is C18H19FN2O5S. The maximum absolute atomic E-state index is 14.2. The number of morpholine rings is 1. The molecule has 0 aromatic heterocycles. The Balaban J connectivity index is 1.87. The van der Waals surface area contributed by atoms with Gasteiger partial charge in [-0.2, -0.15) is 4.31 Å². The summed E-state index contributed by atoms with van der Waals surface area (Å²) in [5.41, 5.74) is 0.0485. The molecule has 0 unspecified atom stereocenters. The van der Waals surface area contributed by atoms with Crippen LogP contribution in [0.2, 0.25) is 0 Å². The van der Waals surface area contributed by atoms with Gasteiger partial charge in [-0.25, -0.2) is 12.8 Å². The van der Waals surface area contributed by atoms with Crippen molar-refractivity contribution >= 4 is 21.6 Å². The number of halogens is 1. The van der Waals surface area contributed by atoms with E-state index < -0.39 is 21.7 Å². The first-order valence-electron chi connectivity index (χ1n) is 8.24. The molecule has 0 saturated carbocycles. The summed E-state index contributed by atoms with van der Waals surface area (Å²) in [6.07, 6.45) is 0. The summed E-state index contributed by atoms with van der Waals surface area (Å²) >= 11 is 0. The molecular weight excluding hydrogens is 375 g/mol. The summed E-state index contributed by atoms with van der Waals surface area (Å²) < 4.78 is 51.1. The van der Waals surface area contributed by atoms with E-state index >= 15 is 0 Å². The first-order chi connectivity index (χ1) is 12.9. The SMILES string of the molecule is COc1cccc(NC(=O)c2cc(S(=O)(=O)N3CCOCC3)ccc2F)c1. The number of anilines is 1. The second kappa shape index (κ2) is 8.03. The minimum atomic E-state index is -3.83. The average Bonchev–Trinajstić information content (AvgIpc) is 2.69. The summed E-state index contributed by atoms with van der Waals surface area (Å²) in [6.45, 7) is 1.02. The van der Waals surface area contributed by atoms with E-state index in [0.29, 0.717) is 24.7 Å². The molecule has 2 aromatic carbocycles. The van der Waals surface area contributed by atoms with Gasteiger partial charge in [-0.3, -0.25) is 4.79 Å². The van der Waals surface area contributed by atoms with Gasteiger partial charge in [0.1, 0.15) is 11.6 Å². The Morgan fingerprint density at radius 2 is 1.93 bits per heavy atom. The van der Waals surface area contributed by atoms with E-state index in [1.165, 1.54) is 11.4 Å². The highest BCUT2D eigenvalue weighted by Crippen LogP contribution is 2.22. The number of carbonyl (C=O) groups excluding carboxylic acids is 1. The van der Waals surface area contributed by atoms with Crippen LogP contribution in [0.3, 0.4) is 0 Å². The minimum Gasteiger partial charge on any atom is -0.497 e. The first kappa shape index (κ1) is 19.3. The summed E-state index contributed by atoms with van der Waals surface area (Å²) in [5.74, 6) is -1.03. The molecule has 0 atom stereocenters. The second-order valence-corrected chi connectivity index (χ2v) is 7.78. The lowest BCUT2D eigenvalue weighted by Gasteiger charge is -2.26. The highest BCUT2D eigenvalue weighted by Gasteiger charge is 2.28. The number of methoxy groups -OCH3 is 1. The monoisotopic (exact) mass is 394 g/mol. The summed E-state index contributed by atoms with van der Waals surface area (Å²) in [5, 5.41) is 2.54. The van der Waals surface area contributed by atoms with Gasteiger partial charge in [-0.1, -0.05) is 6.07 Å². The van der Waals surface area contributed by atoms with E-state index in [0.717, 1.165) is 18.2 Å². The van der Waals surface area contributed by atoms with E-state index in [4.69, 9.17) is 9.47 Å². The predicted molar refractivity (Wildman–Crippen MR) is 96.9 cm³/mol. The van der Waals surface area contributed by atoms with Crippen LogP contribution in [0.5, 0.6) is 5.75 Å². The van der Waals surface area contributed by atoms with E-state index in [1.54, 1.807) is 24.3 Å². The fourth-order valence-corrected chi connectivity index (χ4v) is 4.11. The van der Waals surface area contributed by atoms with Crippen molar-refractivity contribution in [2.45, 2.75) is 4.90 Å². The van der Waals surface area contributed by atoms with Crippen molar-refractivity contribution in [1.29, 1.82) is 0 Å². The molecule has 7 nitrogen and oxygen atoms in total. The quantitative estimate of drug-likeness (QED) is 0.840. The Hall–Kier alpha value is -2.49. The smallest absolute Gasteiger partial charge is 0.258 e. The van der Waals surface area contributed by atoms with Gasteiger partial charge in [0.15, 0.2) is 0 Å². The van der Waals surface area contributed by atoms with Gasteiger partial charge in [0.2, 0.25) is 10.0 Å². The van der Waals surface area contributed by atoms with Crippen LogP contribution in [0, 0.1) is 5.82 Å². The van der Waals surface area contributed by atoms with Crippen LogP contribution in [0.1, 0.15) is 10.4 Å². The van der Waals surface area contributed by atoms with Gasteiger partial charge in [-0.15, -0.1) is 0 Å². The Bertz CT molecular complexity index is 943. The van der Waals surface area contributed by atoms with Gasteiger partial charge in [0.05, 0.1) is 30.8 Å². The molecule has 1 aliphatic heterocycles. The van der Waals surface area contributed by atoms with Crippen molar-refractivity contribution in [3.63, 3.8) is 0 Å². The molecule has 9 heteroatoms. The van der Waals surface area contributed by atoms with Crippen LogP contribution in [0.15, 0.2) is 47.4 Å². The van der Waals surface area contributed by atoms with Crippen LogP contribution in [0.25, 0.3) is 0 Å². The third-order valence-electron chi connectivity index (χ3n) is 4.12. The Morgan fingerprint density at radius 3 is 2.63 bits per heavy atom. The van der Waals surface area contributed by atoms with E-state index in [-0.39, 0.29) is 23.5 Å². The third kappa shape index (κ3) is 4.26. The fraction of sp³-hybridized carbons (Fsp3) is 0.278. The summed E-state index contributed by atoms with van der Waals surface area (Å²) in [7, 11) is -2.34. The molecule has 1 N–H and O–H groups in total. The molecule has 27 heavy (non-hydrogen) atoms. The van der Waals surface area contributed by atoms with E-state index in [1.807, 2.05) is 0 Å². The van der Waals surface area contributed by atoms with E-state index in [9.17, 15) is 17.6 Å². The largest absolute Gasteiger partial charge is 0.497 e. The zero-order chi connectivity index (χ0) is 19.4. The van der Waals surface area contributed by atoms with E-state index in [2.05, 4.69) is 5.32 Å². The lowest BCUT2D eigenvalue weighted by Crippen LogP contribution is -2.40. The number of nitrogens with zero attached hydrogens (tertiary/aromatic N) is 1. The van der Waals surface area contributed by atoms with Gasteiger partial charge >= 0.3 is 0 Å². The number of hydrogen-bond acceptors (Lipinski definition) is 5. The highest BCUT2D eigenvalue weighted by molar-refractivity contribution is 7.89. The molecule has 0 aliphatic carbocycles. The molecule has 0 spiro atoms. The minimum absolute atomic E-state index is 0.137. The zero-order valence-corrected chi connectivity index (χ0v) is 15.5. The maximum atomic E-state index is 14.2. The van der Waals surface area contributed by atoms with Crippen LogP contribution < -0.4 is 10.1 Å². The number of amides is 1. The topological polar surface area (TPSA) is 84.9 Å². The lowest BCUT2D eigenvalue weighted by molar-refractivity contribution is 0.0730. The Labute approximate surface area is 156 Å². The molecule has 1 heterocycles. The normalized spacial score (nSPS) is 15.3. The number of nitrogens with one attached hydrogen (secondary N) is 1. The van der Waals surface area contributed by atoms with Gasteiger partial charge in [-0.05, 0) is 30.3 Å². The Kier molecular flexibility index (Phi) is 5.73. The Morgan fingerprint density at radius 1 is 1.19 bits per heavy atom. The zero-order valence-electron chi connectivity index (χ0n) is 14.6.